The Kier molecular flexibility index (Phi) is 15.9. The molecule has 2 amide bonds. The van der Waals surface area contributed by atoms with Crippen LogP contribution in [0.2, 0.25) is 0 Å². The maximum Gasteiger partial charge on any atom is 0.269 e. The largest absolute Gasteiger partial charge is 0.381 e. The Balaban J connectivity index is 0.000000543. The highest BCUT2D eigenvalue weighted by molar-refractivity contribution is 5.97. The molecule has 2 aromatic rings. The first-order valence-electron chi connectivity index (χ1n) is 12.6. The van der Waals surface area contributed by atoms with Crippen molar-refractivity contribution in [2.24, 2.45) is 5.73 Å². The van der Waals surface area contributed by atoms with Gasteiger partial charge in [-0.15, -0.1) is 0 Å². The average molecular weight is 505 g/mol. The van der Waals surface area contributed by atoms with Crippen molar-refractivity contribution < 1.29 is 23.5 Å². The maximum absolute atomic E-state index is 12.2. The number of hydrogen-bond acceptors (Lipinski definition) is 6. The number of carbonyl (C=O) groups excluding carboxylic acids is 2. The Hall–Kier alpha value is -2.88. The number of ether oxygens (including phenoxy) is 2. The van der Waals surface area contributed by atoms with Gasteiger partial charge in [-0.3, -0.25) is 14.6 Å². The van der Waals surface area contributed by atoms with Crippen LogP contribution in [0.3, 0.4) is 0 Å². The van der Waals surface area contributed by atoms with Crippen LogP contribution in [-0.2, 0) is 14.3 Å². The number of anilines is 1. The van der Waals surface area contributed by atoms with Crippen molar-refractivity contribution in [3.8, 4) is 0 Å². The third kappa shape index (κ3) is 12.7. The van der Waals surface area contributed by atoms with Crippen molar-refractivity contribution in [1.82, 2.24) is 10.3 Å². The van der Waals surface area contributed by atoms with Crippen LogP contribution in [0.1, 0.15) is 62.5 Å². The lowest BCUT2D eigenvalue weighted by molar-refractivity contribution is -0.126. The molecular formula is C27H41FN4O4. The number of carbonyl (C=O) groups is 2. The molecule has 1 unspecified atom stereocenters. The van der Waals surface area contributed by atoms with Crippen molar-refractivity contribution in [2.75, 3.05) is 31.6 Å². The summed E-state index contributed by atoms with van der Waals surface area (Å²) in [6.45, 7) is 10.1. The van der Waals surface area contributed by atoms with E-state index >= 15 is 0 Å². The van der Waals surface area contributed by atoms with Crippen molar-refractivity contribution in [3.05, 3.63) is 59.7 Å². The van der Waals surface area contributed by atoms with E-state index in [1.807, 2.05) is 33.8 Å². The summed E-state index contributed by atoms with van der Waals surface area (Å²) < 4.78 is 23.1. The molecule has 2 atom stereocenters. The van der Waals surface area contributed by atoms with Gasteiger partial charge in [-0.25, -0.2) is 4.39 Å². The molecule has 8 nitrogen and oxygen atoms in total. The molecule has 1 aromatic heterocycles. The number of nitrogens with one attached hydrogen (secondary N) is 2. The predicted octanol–water partition coefficient (Wildman–Crippen LogP) is 4.23. The Morgan fingerprint density at radius 2 is 1.92 bits per heavy atom. The molecule has 4 N–H and O–H groups in total. The second-order valence-electron chi connectivity index (χ2n) is 8.09. The normalized spacial score (nSPS) is 16.2. The molecule has 1 saturated heterocycles. The first-order valence-corrected chi connectivity index (χ1v) is 12.6. The molecule has 0 radical (unpaired) electrons. The third-order valence-corrected chi connectivity index (χ3v) is 5.01. The molecule has 3 rings (SSSR count). The van der Waals surface area contributed by atoms with Gasteiger partial charge in [0.1, 0.15) is 17.6 Å². The number of hydrogen-bond donors (Lipinski definition) is 3. The monoisotopic (exact) mass is 504 g/mol. The number of nitrogens with zero attached hydrogens (tertiary/aromatic N) is 1. The molecule has 36 heavy (non-hydrogen) atoms. The van der Waals surface area contributed by atoms with E-state index in [0.29, 0.717) is 44.8 Å². The summed E-state index contributed by atoms with van der Waals surface area (Å²) in [6.07, 6.45) is 4.29. The number of rotatable bonds is 10. The van der Waals surface area contributed by atoms with Crippen molar-refractivity contribution in [1.29, 1.82) is 0 Å². The zero-order valence-corrected chi connectivity index (χ0v) is 21.9. The van der Waals surface area contributed by atoms with E-state index in [1.54, 1.807) is 18.2 Å². The van der Waals surface area contributed by atoms with E-state index in [9.17, 15) is 14.0 Å². The Bertz CT molecular complexity index is 896. The fourth-order valence-electron chi connectivity index (χ4n) is 3.21. The van der Waals surface area contributed by atoms with Crippen LogP contribution >= 0.6 is 0 Å². The summed E-state index contributed by atoms with van der Waals surface area (Å²) in [5, 5.41) is 5.57. The fraction of sp³-hybridized carbons (Fsp3) is 0.519. The van der Waals surface area contributed by atoms with E-state index in [1.165, 1.54) is 18.3 Å². The highest BCUT2D eigenvalue weighted by Crippen LogP contribution is 2.20. The van der Waals surface area contributed by atoms with Crippen LogP contribution in [0.4, 0.5) is 10.1 Å². The molecule has 1 fully saturated rings. The smallest absolute Gasteiger partial charge is 0.269 e. The number of aromatic nitrogens is 1. The third-order valence-electron chi connectivity index (χ3n) is 5.01. The lowest BCUT2D eigenvalue weighted by Crippen LogP contribution is -2.28. The van der Waals surface area contributed by atoms with Gasteiger partial charge in [-0.1, -0.05) is 26.0 Å². The first kappa shape index (κ1) is 31.2. The molecule has 1 aromatic carbocycles. The van der Waals surface area contributed by atoms with Crippen molar-refractivity contribution >= 4 is 17.5 Å². The van der Waals surface area contributed by atoms with Crippen LogP contribution in [0, 0.1) is 12.7 Å². The van der Waals surface area contributed by atoms with Gasteiger partial charge < -0.3 is 25.8 Å². The number of amides is 2. The summed E-state index contributed by atoms with van der Waals surface area (Å²) in [4.78, 5) is 28.4. The van der Waals surface area contributed by atoms with Gasteiger partial charge in [0.05, 0.1) is 6.10 Å². The SMILES string of the molecule is CC.CC1CC[C@H](C(=O)Nc2ccnc(C(=O)NCCCOCCCN)c2)O1.Cc1cccc(F)c1. The van der Waals surface area contributed by atoms with Crippen molar-refractivity contribution in [2.45, 2.75) is 65.6 Å². The Morgan fingerprint density at radius 3 is 2.53 bits per heavy atom. The molecule has 0 aliphatic carbocycles. The van der Waals surface area contributed by atoms with E-state index in [0.717, 1.165) is 18.4 Å². The number of pyridine rings is 1. The van der Waals surface area contributed by atoms with E-state index < -0.39 is 6.10 Å². The zero-order chi connectivity index (χ0) is 26.8. The average Bonchev–Trinajstić information content (AvgIpc) is 3.31. The van der Waals surface area contributed by atoms with Gasteiger partial charge in [0.2, 0.25) is 0 Å². The fourth-order valence-corrected chi connectivity index (χ4v) is 3.21. The minimum atomic E-state index is -0.435. The number of halogens is 1. The molecular weight excluding hydrogens is 463 g/mol. The van der Waals surface area contributed by atoms with Gasteiger partial charge in [-0.2, -0.15) is 0 Å². The summed E-state index contributed by atoms with van der Waals surface area (Å²) in [6, 6.07) is 9.71. The quantitative estimate of drug-likeness (QED) is 0.417. The summed E-state index contributed by atoms with van der Waals surface area (Å²) >= 11 is 0. The number of nitrogens with two attached hydrogens (primary N) is 1. The van der Waals surface area contributed by atoms with Gasteiger partial charge in [0.15, 0.2) is 0 Å². The zero-order valence-electron chi connectivity index (χ0n) is 21.9. The van der Waals surface area contributed by atoms with Crippen LogP contribution in [0.5, 0.6) is 0 Å². The maximum atomic E-state index is 12.2. The van der Waals surface area contributed by atoms with Crippen LogP contribution < -0.4 is 16.4 Å². The van der Waals surface area contributed by atoms with Gasteiger partial charge >= 0.3 is 0 Å². The van der Waals surface area contributed by atoms with E-state index in [-0.39, 0.29) is 29.4 Å². The van der Waals surface area contributed by atoms with E-state index in [4.69, 9.17) is 15.2 Å². The molecule has 9 heteroatoms. The lowest BCUT2D eigenvalue weighted by atomic mass is 10.2. The number of aryl methyl sites for hydroxylation is 1. The van der Waals surface area contributed by atoms with E-state index in [2.05, 4.69) is 15.6 Å². The van der Waals surface area contributed by atoms with Gasteiger partial charge in [0, 0.05) is 31.6 Å². The second kappa shape index (κ2) is 18.4. The van der Waals surface area contributed by atoms with Gasteiger partial charge in [0.25, 0.3) is 11.8 Å². The van der Waals surface area contributed by atoms with Crippen LogP contribution in [0.15, 0.2) is 42.6 Å². The highest BCUT2D eigenvalue weighted by atomic mass is 19.1. The topological polar surface area (TPSA) is 116 Å². The minimum Gasteiger partial charge on any atom is -0.381 e. The van der Waals surface area contributed by atoms with Crippen LogP contribution in [-0.4, -0.2) is 55.3 Å². The summed E-state index contributed by atoms with van der Waals surface area (Å²) in [7, 11) is 0. The molecule has 1 aliphatic rings. The summed E-state index contributed by atoms with van der Waals surface area (Å²) in [5.74, 6) is -0.639. The summed E-state index contributed by atoms with van der Waals surface area (Å²) in [5.41, 5.74) is 7.13. The first-order chi connectivity index (χ1) is 17.4. The molecule has 2 heterocycles. The Morgan fingerprint density at radius 1 is 1.17 bits per heavy atom. The minimum absolute atomic E-state index is 0.101. The van der Waals surface area contributed by atoms with Crippen LogP contribution in [0.25, 0.3) is 0 Å². The molecule has 0 bridgehead atoms. The highest BCUT2D eigenvalue weighted by Gasteiger charge is 2.28. The lowest BCUT2D eigenvalue weighted by Gasteiger charge is -2.12. The van der Waals surface area contributed by atoms with Gasteiger partial charge in [-0.05, 0) is 75.9 Å². The Labute approximate surface area is 214 Å². The second-order valence-corrected chi connectivity index (χ2v) is 8.09. The molecule has 0 spiro atoms. The molecule has 200 valence electrons. The number of benzene rings is 1. The molecule has 1 aliphatic heterocycles. The molecule has 0 saturated carbocycles. The standard InChI is InChI=1S/C18H28N4O4.C7H7F.C2H6/c1-13-4-5-16(26-13)18(24)22-14-6-9-20-15(12-14)17(23)21-8-3-11-25-10-2-7-19;1-6-3-2-4-7(8)5-6;1-2/h6,9,12-13,16H,2-5,7-8,10-11,19H2,1H3,(H,21,23)(H,20,22,24);2-5H,1H3;1-2H3/t13?,16-;;/m1../s1. The predicted molar refractivity (Wildman–Crippen MR) is 140 cm³/mol. The van der Waals surface area contributed by atoms with Crippen molar-refractivity contribution in [3.63, 3.8) is 0 Å².